The molecule has 0 radical (unpaired) electrons. The van der Waals surface area contributed by atoms with Gasteiger partial charge in [0.25, 0.3) is 0 Å². The highest BCUT2D eigenvalue weighted by atomic mass is 127. The van der Waals surface area contributed by atoms with E-state index in [9.17, 15) is 4.39 Å². The van der Waals surface area contributed by atoms with Crippen LogP contribution in [0.4, 0.5) is 4.39 Å². The van der Waals surface area contributed by atoms with Crippen LogP contribution in [-0.4, -0.2) is 41.5 Å². The molecule has 0 saturated heterocycles. The number of ether oxygens (including phenoxy) is 1. The van der Waals surface area contributed by atoms with E-state index in [1.165, 1.54) is 23.4 Å². The Bertz CT molecular complexity index is 792. The third kappa shape index (κ3) is 8.49. The topological polar surface area (TPSA) is 63.5 Å². The number of aliphatic imine (C=N–C) groups is 1. The first kappa shape index (κ1) is 26.2. The van der Waals surface area contributed by atoms with Crippen molar-refractivity contribution in [3.63, 3.8) is 0 Å². The average molecular weight is 531 g/mol. The number of hydrogen-bond donors (Lipinski definition) is 2. The highest BCUT2D eigenvalue weighted by Gasteiger charge is 2.13. The van der Waals surface area contributed by atoms with Crippen LogP contribution in [0.5, 0.6) is 5.75 Å². The lowest BCUT2D eigenvalue weighted by atomic mass is 10.1. The molecule has 6 nitrogen and oxygen atoms in total. The van der Waals surface area contributed by atoms with Crippen molar-refractivity contribution in [3.8, 4) is 5.75 Å². The maximum Gasteiger partial charge on any atom is 0.191 e. The fourth-order valence-corrected chi connectivity index (χ4v) is 3.15. The van der Waals surface area contributed by atoms with Gasteiger partial charge in [0.2, 0.25) is 0 Å². The van der Waals surface area contributed by atoms with E-state index >= 15 is 0 Å². The van der Waals surface area contributed by atoms with Gasteiger partial charge < -0.3 is 15.4 Å². The zero-order valence-corrected chi connectivity index (χ0v) is 21.0. The maximum absolute atomic E-state index is 12.9. The molecule has 1 atom stereocenters. The van der Waals surface area contributed by atoms with Crippen molar-refractivity contribution in [1.29, 1.82) is 0 Å². The number of rotatable bonds is 10. The average Bonchev–Trinajstić information content (AvgIpc) is 2.92. The first-order chi connectivity index (χ1) is 13.9. The number of nitrogens with zero attached hydrogens (tertiary/aromatic N) is 3. The van der Waals surface area contributed by atoms with Crippen LogP contribution in [0.25, 0.3) is 0 Å². The van der Waals surface area contributed by atoms with Crippen molar-refractivity contribution < 1.29 is 9.13 Å². The minimum absolute atomic E-state index is 0. The Hall–Kier alpha value is -1.84. The Morgan fingerprint density at radius 1 is 1.23 bits per heavy atom. The van der Waals surface area contributed by atoms with Gasteiger partial charge in [-0.1, -0.05) is 0 Å². The van der Waals surface area contributed by atoms with Crippen LogP contribution in [-0.2, 0) is 13.5 Å². The molecule has 30 heavy (non-hydrogen) atoms. The Morgan fingerprint density at radius 2 is 1.93 bits per heavy atom. The fourth-order valence-electron chi connectivity index (χ4n) is 3.15. The van der Waals surface area contributed by atoms with Crippen LogP contribution >= 0.6 is 24.0 Å². The zero-order chi connectivity index (χ0) is 21.2. The lowest BCUT2D eigenvalue weighted by Crippen LogP contribution is -2.43. The predicted octanol–water partition coefficient (Wildman–Crippen LogP) is 4.14. The molecule has 8 heteroatoms. The Kier molecular flexibility index (Phi) is 11.8. The predicted molar refractivity (Wildman–Crippen MR) is 132 cm³/mol. The van der Waals surface area contributed by atoms with Gasteiger partial charge in [-0.05, 0) is 76.8 Å². The highest BCUT2D eigenvalue weighted by molar-refractivity contribution is 14.0. The van der Waals surface area contributed by atoms with Crippen molar-refractivity contribution in [2.45, 2.75) is 53.0 Å². The quantitative estimate of drug-likeness (QED) is 0.210. The molecule has 0 aliphatic carbocycles. The summed E-state index contributed by atoms with van der Waals surface area (Å²) in [5, 5.41) is 11.3. The molecular formula is C22H35FIN5O. The van der Waals surface area contributed by atoms with Gasteiger partial charge in [0.1, 0.15) is 11.6 Å². The number of guanidine groups is 1. The van der Waals surface area contributed by atoms with Crippen LogP contribution in [0.2, 0.25) is 0 Å². The van der Waals surface area contributed by atoms with Gasteiger partial charge >= 0.3 is 0 Å². The van der Waals surface area contributed by atoms with Crippen molar-refractivity contribution >= 4 is 29.9 Å². The second-order valence-electron chi connectivity index (χ2n) is 7.29. The number of hydrogen-bond acceptors (Lipinski definition) is 3. The van der Waals surface area contributed by atoms with Crippen LogP contribution in [0, 0.1) is 19.7 Å². The standard InChI is InChI=1S/C22H34FN5O.HI/c1-6-24-22(26-16(2)15-21-17(3)27-28(5)18(21)4)25-13-7-8-14-29-20-11-9-19(23)10-12-20;/h9-12,16H,6-8,13-15H2,1-5H3,(H2,24,25,26);1H. The molecule has 168 valence electrons. The number of benzene rings is 1. The van der Waals surface area contributed by atoms with Crippen molar-refractivity contribution in [1.82, 2.24) is 20.4 Å². The summed E-state index contributed by atoms with van der Waals surface area (Å²) in [6, 6.07) is 6.35. The van der Waals surface area contributed by atoms with Crippen LogP contribution in [0.15, 0.2) is 29.3 Å². The molecule has 0 fully saturated rings. The van der Waals surface area contributed by atoms with Gasteiger partial charge in [0.05, 0.1) is 12.3 Å². The summed E-state index contributed by atoms with van der Waals surface area (Å²) in [4.78, 5) is 4.67. The molecule has 0 bridgehead atoms. The molecule has 1 unspecified atom stereocenters. The van der Waals surface area contributed by atoms with Crippen LogP contribution in [0.1, 0.15) is 43.6 Å². The normalized spacial score (nSPS) is 12.3. The summed E-state index contributed by atoms with van der Waals surface area (Å²) in [5.74, 6) is 1.27. The van der Waals surface area contributed by atoms with Gasteiger partial charge in [0.15, 0.2) is 5.96 Å². The molecule has 0 aliphatic rings. The summed E-state index contributed by atoms with van der Waals surface area (Å²) in [6.07, 6.45) is 2.72. The minimum Gasteiger partial charge on any atom is -0.494 e. The zero-order valence-electron chi connectivity index (χ0n) is 18.7. The molecule has 1 aromatic heterocycles. The second-order valence-corrected chi connectivity index (χ2v) is 7.29. The summed E-state index contributed by atoms with van der Waals surface area (Å²) in [5.41, 5.74) is 3.59. The van der Waals surface area contributed by atoms with E-state index in [2.05, 4.69) is 48.4 Å². The van der Waals surface area contributed by atoms with E-state index in [-0.39, 0.29) is 35.8 Å². The third-order valence-electron chi connectivity index (χ3n) is 4.80. The molecule has 2 rings (SSSR count). The molecule has 2 N–H and O–H groups in total. The Balaban J connectivity index is 0.00000450. The summed E-state index contributed by atoms with van der Waals surface area (Å²) >= 11 is 0. The van der Waals surface area contributed by atoms with Crippen LogP contribution in [0.3, 0.4) is 0 Å². The smallest absolute Gasteiger partial charge is 0.191 e. The fraction of sp³-hybridized carbons (Fsp3) is 0.545. The van der Waals surface area contributed by atoms with Gasteiger partial charge in [0, 0.05) is 31.9 Å². The maximum atomic E-state index is 12.9. The minimum atomic E-state index is -0.252. The number of unbranched alkanes of at least 4 members (excludes halogenated alkanes) is 1. The molecule has 0 spiro atoms. The first-order valence-corrected chi connectivity index (χ1v) is 10.3. The van der Waals surface area contributed by atoms with Crippen molar-refractivity contribution in [3.05, 3.63) is 47.0 Å². The molecular weight excluding hydrogens is 496 g/mol. The highest BCUT2D eigenvalue weighted by Crippen LogP contribution is 2.14. The number of aromatic nitrogens is 2. The monoisotopic (exact) mass is 531 g/mol. The molecule has 0 saturated carbocycles. The summed E-state index contributed by atoms with van der Waals surface area (Å²) in [6.45, 7) is 10.5. The van der Waals surface area contributed by atoms with Crippen molar-refractivity contribution in [2.24, 2.45) is 12.0 Å². The van der Waals surface area contributed by atoms with E-state index in [0.29, 0.717) is 12.4 Å². The van der Waals surface area contributed by atoms with E-state index < -0.39 is 0 Å². The van der Waals surface area contributed by atoms with E-state index in [1.807, 2.05) is 11.7 Å². The molecule has 1 aromatic carbocycles. The molecule has 0 aliphatic heterocycles. The second kappa shape index (κ2) is 13.5. The van der Waals surface area contributed by atoms with Crippen molar-refractivity contribution in [2.75, 3.05) is 19.7 Å². The molecule has 0 amide bonds. The third-order valence-corrected chi connectivity index (χ3v) is 4.80. The summed E-state index contributed by atoms with van der Waals surface area (Å²) < 4.78 is 20.4. The van der Waals surface area contributed by atoms with E-state index in [1.54, 1.807) is 12.1 Å². The first-order valence-electron chi connectivity index (χ1n) is 10.3. The van der Waals surface area contributed by atoms with Gasteiger partial charge in [-0.15, -0.1) is 24.0 Å². The van der Waals surface area contributed by atoms with Gasteiger partial charge in [-0.25, -0.2) is 4.39 Å². The lowest BCUT2D eigenvalue weighted by Gasteiger charge is -2.18. The summed E-state index contributed by atoms with van der Waals surface area (Å²) in [7, 11) is 1.98. The SMILES string of the molecule is CCNC(=NCCCCOc1ccc(F)cc1)NC(C)Cc1c(C)nn(C)c1C.I. The van der Waals surface area contributed by atoms with Crippen LogP contribution < -0.4 is 15.4 Å². The van der Waals surface area contributed by atoms with Gasteiger partial charge in [-0.3, -0.25) is 9.67 Å². The number of aryl methyl sites for hydroxylation is 2. The largest absolute Gasteiger partial charge is 0.494 e. The van der Waals surface area contributed by atoms with Gasteiger partial charge in [-0.2, -0.15) is 5.10 Å². The van der Waals surface area contributed by atoms with E-state index in [4.69, 9.17) is 4.74 Å². The molecule has 1 heterocycles. The number of halogens is 2. The Labute approximate surface area is 196 Å². The Morgan fingerprint density at radius 3 is 2.53 bits per heavy atom. The lowest BCUT2D eigenvalue weighted by molar-refractivity contribution is 0.307. The molecule has 2 aromatic rings. The number of nitrogens with one attached hydrogen (secondary N) is 2. The van der Waals surface area contributed by atoms with E-state index in [0.717, 1.165) is 44.0 Å².